The maximum atomic E-state index is 11.7. The van der Waals surface area contributed by atoms with E-state index in [1.54, 1.807) is 6.07 Å². The Hall–Kier alpha value is -1.42. The summed E-state index contributed by atoms with van der Waals surface area (Å²) in [5.41, 5.74) is 0.568. The first-order chi connectivity index (χ1) is 7.16. The van der Waals surface area contributed by atoms with Crippen molar-refractivity contribution in [3.8, 4) is 0 Å². The number of hydrogen-bond acceptors (Lipinski definition) is 4. The smallest absolute Gasteiger partial charge is 0.227 e. The molecule has 0 saturated carbocycles. The van der Waals surface area contributed by atoms with Crippen molar-refractivity contribution in [2.45, 2.75) is 18.7 Å². The van der Waals surface area contributed by atoms with Crippen LogP contribution in [0.2, 0.25) is 0 Å². The molecule has 0 bridgehead atoms. The SMILES string of the molecule is Cc1cc(SC(=O)c2ccoc2)c(C)o1. The summed E-state index contributed by atoms with van der Waals surface area (Å²) in [5, 5.41) is -0.0346. The number of furan rings is 2. The average molecular weight is 222 g/mol. The summed E-state index contributed by atoms with van der Waals surface area (Å²) in [6.45, 7) is 3.71. The van der Waals surface area contributed by atoms with E-state index in [-0.39, 0.29) is 5.12 Å². The van der Waals surface area contributed by atoms with Crippen molar-refractivity contribution < 1.29 is 13.6 Å². The van der Waals surface area contributed by atoms with E-state index in [0.29, 0.717) is 5.56 Å². The van der Waals surface area contributed by atoms with Gasteiger partial charge in [-0.3, -0.25) is 4.79 Å². The van der Waals surface area contributed by atoms with E-state index >= 15 is 0 Å². The summed E-state index contributed by atoms with van der Waals surface area (Å²) in [4.78, 5) is 12.6. The summed E-state index contributed by atoms with van der Waals surface area (Å²) in [6.07, 6.45) is 2.93. The Bertz CT molecular complexity index is 468. The molecule has 78 valence electrons. The van der Waals surface area contributed by atoms with E-state index in [2.05, 4.69) is 0 Å². The molecule has 2 heterocycles. The van der Waals surface area contributed by atoms with Gasteiger partial charge in [-0.05, 0) is 37.7 Å². The molecule has 2 rings (SSSR count). The van der Waals surface area contributed by atoms with Crippen LogP contribution in [-0.4, -0.2) is 5.12 Å². The molecule has 15 heavy (non-hydrogen) atoms. The molecule has 0 aliphatic rings. The van der Waals surface area contributed by atoms with Crippen LogP contribution in [0.3, 0.4) is 0 Å². The van der Waals surface area contributed by atoms with Crippen LogP contribution in [0.4, 0.5) is 0 Å². The van der Waals surface area contributed by atoms with Crippen LogP contribution in [-0.2, 0) is 0 Å². The first kappa shape index (κ1) is 10.1. The highest BCUT2D eigenvalue weighted by Gasteiger charge is 2.13. The van der Waals surface area contributed by atoms with E-state index in [9.17, 15) is 4.79 Å². The van der Waals surface area contributed by atoms with Crippen LogP contribution >= 0.6 is 11.8 Å². The fourth-order valence-corrected chi connectivity index (χ4v) is 2.09. The lowest BCUT2D eigenvalue weighted by atomic mass is 10.4. The number of aryl methyl sites for hydroxylation is 2. The Morgan fingerprint density at radius 3 is 2.73 bits per heavy atom. The topological polar surface area (TPSA) is 43.4 Å². The maximum Gasteiger partial charge on any atom is 0.227 e. The fraction of sp³-hybridized carbons (Fsp3) is 0.182. The zero-order chi connectivity index (χ0) is 10.8. The van der Waals surface area contributed by atoms with Crippen LogP contribution < -0.4 is 0 Å². The second-order valence-electron chi connectivity index (χ2n) is 3.18. The molecule has 0 radical (unpaired) electrons. The molecular weight excluding hydrogens is 212 g/mol. The predicted molar refractivity (Wildman–Crippen MR) is 57.1 cm³/mol. The molecule has 0 saturated heterocycles. The van der Waals surface area contributed by atoms with Gasteiger partial charge in [-0.2, -0.15) is 0 Å². The molecule has 3 nitrogen and oxygen atoms in total. The summed E-state index contributed by atoms with van der Waals surface area (Å²) in [7, 11) is 0. The molecule has 0 aliphatic heterocycles. The van der Waals surface area contributed by atoms with Crippen molar-refractivity contribution in [3.05, 3.63) is 41.7 Å². The van der Waals surface area contributed by atoms with Crippen molar-refractivity contribution in [3.63, 3.8) is 0 Å². The first-order valence-electron chi connectivity index (χ1n) is 4.48. The maximum absolute atomic E-state index is 11.7. The highest BCUT2D eigenvalue weighted by Crippen LogP contribution is 2.28. The van der Waals surface area contributed by atoms with E-state index in [1.165, 1.54) is 12.5 Å². The molecular formula is C11H10O3S. The lowest BCUT2D eigenvalue weighted by Gasteiger charge is -1.94. The first-order valence-corrected chi connectivity index (χ1v) is 5.30. The van der Waals surface area contributed by atoms with Crippen LogP contribution in [0, 0.1) is 13.8 Å². The summed E-state index contributed by atoms with van der Waals surface area (Å²) in [5.74, 6) is 1.59. The average Bonchev–Trinajstić information content (AvgIpc) is 2.76. The highest BCUT2D eigenvalue weighted by molar-refractivity contribution is 8.14. The van der Waals surface area contributed by atoms with Crippen LogP contribution in [0.25, 0.3) is 0 Å². The molecule has 0 aromatic carbocycles. The largest absolute Gasteiger partial charge is 0.472 e. The predicted octanol–water partition coefficient (Wildman–Crippen LogP) is 3.42. The second kappa shape index (κ2) is 3.98. The van der Waals surface area contributed by atoms with Gasteiger partial charge in [0.05, 0.1) is 16.7 Å². The molecule has 0 spiro atoms. The Morgan fingerprint density at radius 1 is 1.40 bits per heavy atom. The van der Waals surface area contributed by atoms with E-state index in [1.807, 2.05) is 19.9 Å². The van der Waals surface area contributed by atoms with Gasteiger partial charge in [-0.1, -0.05) is 0 Å². The quantitative estimate of drug-likeness (QED) is 0.730. The van der Waals surface area contributed by atoms with Crippen molar-refractivity contribution in [1.29, 1.82) is 0 Å². The van der Waals surface area contributed by atoms with Crippen molar-refractivity contribution in [2.24, 2.45) is 0 Å². The van der Waals surface area contributed by atoms with Crippen molar-refractivity contribution >= 4 is 16.9 Å². The molecule has 0 unspecified atom stereocenters. The number of rotatable bonds is 2. The Kier molecular flexibility index (Phi) is 2.68. The molecule has 2 aromatic rings. The standard InChI is InChI=1S/C11H10O3S/c1-7-5-10(8(2)14-7)15-11(12)9-3-4-13-6-9/h3-6H,1-2H3. The van der Waals surface area contributed by atoms with Crippen molar-refractivity contribution in [2.75, 3.05) is 0 Å². The minimum absolute atomic E-state index is 0.0346. The van der Waals surface area contributed by atoms with Crippen LogP contribution in [0.1, 0.15) is 21.9 Å². The number of thioether (sulfide) groups is 1. The van der Waals surface area contributed by atoms with Gasteiger partial charge in [0.2, 0.25) is 5.12 Å². The Labute approximate surface area is 91.5 Å². The van der Waals surface area contributed by atoms with E-state index in [0.717, 1.165) is 28.2 Å². The third-order valence-corrected chi connectivity index (χ3v) is 3.00. The zero-order valence-electron chi connectivity index (χ0n) is 8.44. The van der Waals surface area contributed by atoms with E-state index in [4.69, 9.17) is 8.83 Å². The monoisotopic (exact) mass is 222 g/mol. The zero-order valence-corrected chi connectivity index (χ0v) is 9.26. The highest BCUT2D eigenvalue weighted by atomic mass is 32.2. The van der Waals surface area contributed by atoms with Gasteiger partial charge in [0.25, 0.3) is 0 Å². The molecule has 0 amide bonds. The molecule has 0 fully saturated rings. The van der Waals surface area contributed by atoms with Gasteiger partial charge >= 0.3 is 0 Å². The number of carbonyl (C=O) groups excluding carboxylic acids is 1. The van der Waals surface area contributed by atoms with Crippen LogP contribution in [0.5, 0.6) is 0 Å². The summed E-state index contributed by atoms with van der Waals surface area (Å²) < 4.78 is 10.2. The number of hydrogen-bond donors (Lipinski definition) is 0. The Balaban J connectivity index is 2.16. The fourth-order valence-electron chi connectivity index (χ4n) is 1.25. The normalized spacial score (nSPS) is 10.5. The lowest BCUT2D eigenvalue weighted by Crippen LogP contribution is -1.89. The van der Waals surface area contributed by atoms with Gasteiger partial charge in [-0.25, -0.2) is 0 Å². The minimum atomic E-state index is -0.0346. The van der Waals surface area contributed by atoms with E-state index < -0.39 is 0 Å². The Morgan fingerprint density at radius 2 is 2.20 bits per heavy atom. The molecule has 0 N–H and O–H groups in total. The summed E-state index contributed by atoms with van der Waals surface area (Å²) >= 11 is 1.16. The summed E-state index contributed by atoms with van der Waals surface area (Å²) in [6, 6.07) is 3.51. The third-order valence-electron chi connectivity index (χ3n) is 1.95. The van der Waals surface area contributed by atoms with Crippen LogP contribution in [0.15, 0.2) is 38.4 Å². The van der Waals surface area contributed by atoms with Crippen molar-refractivity contribution in [1.82, 2.24) is 0 Å². The number of carbonyl (C=O) groups is 1. The minimum Gasteiger partial charge on any atom is -0.472 e. The van der Waals surface area contributed by atoms with Gasteiger partial charge < -0.3 is 8.83 Å². The van der Waals surface area contributed by atoms with Gasteiger partial charge in [-0.15, -0.1) is 0 Å². The van der Waals surface area contributed by atoms with Gasteiger partial charge in [0, 0.05) is 0 Å². The van der Waals surface area contributed by atoms with Gasteiger partial charge in [0.15, 0.2) is 0 Å². The second-order valence-corrected chi connectivity index (χ2v) is 4.19. The third kappa shape index (κ3) is 2.15. The molecule has 2 aromatic heterocycles. The van der Waals surface area contributed by atoms with Gasteiger partial charge in [0.1, 0.15) is 17.8 Å². The molecule has 4 heteroatoms. The molecule has 0 atom stereocenters. The molecule has 0 aliphatic carbocycles. The lowest BCUT2D eigenvalue weighted by molar-refractivity contribution is 0.108.